The Bertz CT molecular complexity index is 548. The number of likely N-dealkylation sites (tertiary alicyclic amines) is 1. The van der Waals surface area contributed by atoms with Crippen LogP contribution in [0.1, 0.15) is 31.7 Å². The fourth-order valence-electron chi connectivity index (χ4n) is 3.30. The molecule has 1 heterocycles. The second kappa shape index (κ2) is 9.63. The first-order valence-corrected chi connectivity index (χ1v) is 8.79. The second-order valence-corrected chi connectivity index (χ2v) is 6.68. The number of carboxylic acids is 1. The van der Waals surface area contributed by atoms with Gasteiger partial charge in [0.05, 0.1) is 20.3 Å². The molecule has 2 atom stereocenters. The number of aliphatic carboxylic acids is 1. The maximum atomic E-state index is 11.4. The van der Waals surface area contributed by atoms with Crippen molar-refractivity contribution >= 4 is 19.5 Å². The highest BCUT2D eigenvalue weighted by atomic mass is 16.4. The van der Waals surface area contributed by atoms with E-state index in [1.165, 1.54) is 5.56 Å². The first-order chi connectivity index (χ1) is 11.6. The molecule has 0 bridgehead atoms. The third-order valence-electron chi connectivity index (χ3n) is 4.78. The third-order valence-corrected chi connectivity index (χ3v) is 4.78. The summed E-state index contributed by atoms with van der Waals surface area (Å²) in [7, 11) is 5.57. The zero-order valence-electron chi connectivity index (χ0n) is 14.5. The van der Waals surface area contributed by atoms with E-state index in [4.69, 9.17) is 7.85 Å². The smallest absolute Gasteiger partial charge is 0.308 e. The minimum Gasteiger partial charge on any atom is -0.481 e. The maximum absolute atomic E-state index is 11.4. The van der Waals surface area contributed by atoms with Crippen molar-refractivity contribution in [3.05, 3.63) is 35.9 Å². The van der Waals surface area contributed by atoms with Gasteiger partial charge in [-0.3, -0.25) is 9.79 Å². The average Bonchev–Trinajstić information content (AvgIpc) is 3.00. The zero-order valence-corrected chi connectivity index (χ0v) is 14.5. The number of carboxylic acid groups (broad SMARTS) is 1. The van der Waals surface area contributed by atoms with Gasteiger partial charge in [0.25, 0.3) is 0 Å². The van der Waals surface area contributed by atoms with Gasteiger partial charge in [-0.05, 0) is 31.2 Å². The van der Waals surface area contributed by atoms with Crippen molar-refractivity contribution in [2.75, 3.05) is 19.6 Å². The Hall–Kier alpha value is -1.62. The fourth-order valence-corrected chi connectivity index (χ4v) is 3.30. The van der Waals surface area contributed by atoms with Crippen molar-refractivity contribution in [2.24, 2.45) is 16.8 Å². The van der Waals surface area contributed by atoms with E-state index in [9.17, 15) is 9.90 Å². The second-order valence-electron chi connectivity index (χ2n) is 6.68. The summed E-state index contributed by atoms with van der Waals surface area (Å²) in [6.07, 6.45) is 3.34. The first-order valence-electron chi connectivity index (χ1n) is 8.79. The van der Waals surface area contributed by atoms with Crippen molar-refractivity contribution < 1.29 is 9.90 Å². The first kappa shape index (κ1) is 18.7. The van der Waals surface area contributed by atoms with Crippen molar-refractivity contribution in [1.82, 2.24) is 4.90 Å². The number of aliphatic imine (C=N–C) groups is 1. The Labute approximate surface area is 146 Å². The summed E-state index contributed by atoms with van der Waals surface area (Å²) < 4.78 is 0. The molecule has 0 amide bonds. The summed E-state index contributed by atoms with van der Waals surface area (Å²) in [5, 5.41) is 9.41. The molecule has 1 aliphatic heterocycles. The number of benzene rings is 1. The molecule has 0 saturated carbocycles. The monoisotopic (exact) mass is 326 g/mol. The largest absolute Gasteiger partial charge is 0.481 e. The van der Waals surface area contributed by atoms with Crippen LogP contribution in [0.15, 0.2) is 35.3 Å². The van der Waals surface area contributed by atoms with Crippen LogP contribution in [0.3, 0.4) is 0 Å². The highest BCUT2D eigenvalue weighted by Gasteiger charge is 2.36. The highest BCUT2D eigenvalue weighted by Crippen LogP contribution is 2.28. The summed E-state index contributed by atoms with van der Waals surface area (Å²) in [4.78, 5) is 18.3. The molecule has 1 saturated heterocycles. The van der Waals surface area contributed by atoms with Gasteiger partial charge in [-0.2, -0.15) is 0 Å². The molecule has 1 aromatic carbocycles. The third kappa shape index (κ3) is 5.79. The van der Waals surface area contributed by atoms with Crippen LogP contribution in [0.25, 0.3) is 0 Å². The van der Waals surface area contributed by atoms with Crippen LogP contribution in [0.4, 0.5) is 0 Å². The van der Waals surface area contributed by atoms with E-state index in [1.807, 2.05) is 18.2 Å². The van der Waals surface area contributed by atoms with Gasteiger partial charge in [0.2, 0.25) is 0 Å². The van der Waals surface area contributed by atoms with E-state index < -0.39 is 5.97 Å². The summed E-state index contributed by atoms with van der Waals surface area (Å²) in [5.74, 6) is -0.695. The molecule has 4 nitrogen and oxygen atoms in total. The summed E-state index contributed by atoms with van der Waals surface area (Å²) in [5.41, 5.74) is 2.34. The topological polar surface area (TPSA) is 52.9 Å². The zero-order chi connectivity index (χ0) is 17.4. The van der Waals surface area contributed by atoms with Crippen molar-refractivity contribution in [3.63, 3.8) is 0 Å². The molecule has 128 valence electrons. The van der Waals surface area contributed by atoms with Crippen LogP contribution in [0.2, 0.25) is 6.32 Å². The van der Waals surface area contributed by atoms with E-state index in [1.54, 1.807) is 0 Å². The molecule has 2 radical (unpaired) electrons. The molecule has 24 heavy (non-hydrogen) atoms. The molecular formula is C19H27BN2O2. The van der Waals surface area contributed by atoms with Gasteiger partial charge in [-0.1, -0.05) is 43.1 Å². The molecule has 1 N–H and O–H groups in total. The van der Waals surface area contributed by atoms with Crippen LogP contribution in [0, 0.1) is 11.8 Å². The quantitative estimate of drug-likeness (QED) is 0.560. The Morgan fingerprint density at radius 2 is 2.08 bits per heavy atom. The fraction of sp³-hybridized carbons (Fsp3) is 0.579. The van der Waals surface area contributed by atoms with Crippen molar-refractivity contribution in [3.8, 4) is 0 Å². The molecule has 2 unspecified atom stereocenters. The lowest BCUT2D eigenvalue weighted by atomic mass is 9.88. The molecule has 5 heteroatoms. The highest BCUT2D eigenvalue weighted by molar-refractivity contribution is 6.08. The SMILES string of the molecule is [B]CCCC1CN(CCC(C)=NCc2ccccc2)CC1C(=O)O. The van der Waals surface area contributed by atoms with Crippen LogP contribution < -0.4 is 0 Å². The van der Waals surface area contributed by atoms with Crippen molar-refractivity contribution in [1.29, 1.82) is 0 Å². The Balaban J connectivity index is 1.79. The van der Waals surface area contributed by atoms with E-state index in [-0.39, 0.29) is 11.8 Å². The number of carbonyl (C=O) groups is 1. The van der Waals surface area contributed by atoms with E-state index in [0.717, 1.165) is 38.1 Å². The lowest BCUT2D eigenvalue weighted by Gasteiger charge is -2.15. The van der Waals surface area contributed by atoms with Gasteiger partial charge in [-0.15, -0.1) is 0 Å². The summed E-state index contributed by atoms with van der Waals surface area (Å²) >= 11 is 0. The standard InChI is InChI=1S/C19H27BN2O2/c1-15(21-12-16-6-3-2-4-7-16)9-11-22-13-17(8-5-10-20)18(14-22)19(23)24/h2-4,6-7,17-18H,5,8-14H2,1H3,(H,23,24). The molecule has 0 aliphatic carbocycles. The molecule has 1 aliphatic rings. The van der Waals surface area contributed by atoms with Crippen LogP contribution in [0.5, 0.6) is 0 Å². The average molecular weight is 326 g/mol. The van der Waals surface area contributed by atoms with E-state index >= 15 is 0 Å². The minimum atomic E-state index is -0.672. The van der Waals surface area contributed by atoms with E-state index in [2.05, 4.69) is 28.9 Å². The van der Waals surface area contributed by atoms with Gasteiger partial charge in [0.15, 0.2) is 0 Å². The Morgan fingerprint density at radius 1 is 1.33 bits per heavy atom. The van der Waals surface area contributed by atoms with Crippen LogP contribution >= 0.6 is 0 Å². The molecule has 0 spiro atoms. The maximum Gasteiger partial charge on any atom is 0.308 e. The summed E-state index contributed by atoms with van der Waals surface area (Å²) in [6, 6.07) is 10.2. The molecule has 1 aromatic rings. The van der Waals surface area contributed by atoms with Gasteiger partial charge in [0, 0.05) is 25.3 Å². The number of rotatable bonds is 9. The van der Waals surface area contributed by atoms with Crippen LogP contribution in [-0.2, 0) is 11.3 Å². The Kier molecular flexibility index (Phi) is 7.51. The predicted octanol–water partition coefficient (Wildman–Crippen LogP) is 3.04. The predicted molar refractivity (Wildman–Crippen MR) is 98.7 cm³/mol. The molecular weight excluding hydrogens is 299 g/mol. The van der Waals surface area contributed by atoms with Gasteiger partial charge in [-0.25, -0.2) is 0 Å². The van der Waals surface area contributed by atoms with Gasteiger partial charge >= 0.3 is 5.97 Å². The molecule has 2 rings (SSSR count). The normalized spacial score (nSPS) is 22.0. The number of hydrogen-bond donors (Lipinski definition) is 1. The number of hydrogen-bond acceptors (Lipinski definition) is 3. The van der Waals surface area contributed by atoms with Crippen molar-refractivity contribution in [2.45, 2.75) is 39.1 Å². The Morgan fingerprint density at radius 3 is 2.75 bits per heavy atom. The van der Waals surface area contributed by atoms with E-state index in [0.29, 0.717) is 19.4 Å². The summed E-state index contributed by atoms with van der Waals surface area (Å²) in [6.45, 7) is 5.16. The van der Waals surface area contributed by atoms with Crippen LogP contribution in [-0.4, -0.2) is 49.2 Å². The minimum absolute atomic E-state index is 0.229. The van der Waals surface area contributed by atoms with Gasteiger partial charge in [0.1, 0.15) is 0 Å². The lowest BCUT2D eigenvalue weighted by molar-refractivity contribution is -0.142. The molecule has 0 aromatic heterocycles. The number of nitrogens with zero attached hydrogens (tertiary/aromatic N) is 2. The lowest BCUT2D eigenvalue weighted by Crippen LogP contribution is -2.25. The van der Waals surface area contributed by atoms with Gasteiger partial charge < -0.3 is 10.0 Å². The molecule has 1 fully saturated rings.